The number of carbonyl (C=O) groups excluding carboxylic acids is 1. The molecule has 0 aliphatic heterocycles. The Hall–Kier alpha value is -1.58. The summed E-state index contributed by atoms with van der Waals surface area (Å²) in [6.07, 6.45) is 3.62. The molecule has 0 aromatic heterocycles. The minimum absolute atomic E-state index is 0.164. The number of benzene rings is 1. The zero-order valence-corrected chi connectivity index (χ0v) is 9.95. The van der Waals surface area contributed by atoms with Crippen LogP contribution in [0.3, 0.4) is 0 Å². The minimum Gasteiger partial charge on any atom is -0.399 e. The summed E-state index contributed by atoms with van der Waals surface area (Å²) in [6, 6.07) is 3.96. The zero-order chi connectivity index (χ0) is 12.4. The van der Waals surface area contributed by atoms with Crippen molar-refractivity contribution in [2.75, 3.05) is 19.3 Å². The van der Waals surface area contributed by atoms with E-state index in [0.29, 0.717) is 11.5 Å². The number of hydrogen-bond acceptors (Lipinski definition) is 2. The van der Waals surface area contributed by atoms with Crippen LogP contribution in [0.2, 0.25) is 0 Å². The summed E-state index contributed by atoms with van der Waals surface area (Å²) in [5.41, 5.74) is 6.13. The number of nitrogens with zero attached hydrogens (tertiary/aromatic N) is 1. The average Bonchev–Trinajstić information content (AvgIpc) is 2.20. The second-order valence-electron chi connectivity index (χ2n) is 4.76. The first-order valence-corrected chi connectivity index (χ1v) is 5.88. The number of carbonyl (C=O) groups is 1. The lowest BCUT2D eigenvalue weighted by Crippen LogP contribution is -2.34. The van der Waals surface area contributed by atoms with Crippen LogP contribution in [-0.2, 0) is 0 Å². The van der Waals surface area contributed by atoms with Gasteiger partial charge in [0.15, 0.2) is 0 Å². The van der Waals surface area contributed by atoms with Crippen LogP contribution in [0.25, 0.3) is 0 Å². The highest BCUT2D eigenvalue weighted by molar-refractivity contribution is 5.94. The third-order valence-corrected chi connectivity index (χ3v) is 3.27. The van der Waals surface area contributed by atoms with E-state index in [1.54, 1.807) is 11.9 Å². The Kier molecular flexibility index (Phi) is 3.31. The number of nitrogens with two attached hydrogens (primary N) is 1. The number of nitrogen functional groups attached to an aromatic ring is 1. The highest BCUT2D eigenvalue weighted by atomic mass is 19.1. The average molecular weight is 236 g/mol. The fraction of sp³-hybridized carbons (Fsp3) is 0.462. The highest BCUT2D eigenvalue weighted by Gasteiger charge is 2.22. The van der Waals surface area contributed by atoms with Gasteiger partial charge in [0.05, 0.1) is 0 Å². The molecule has 2 N–H and O–H groups in total. The molecule has 0 unspecified atom stereocenters. The van der Waals surface area contributed by atoms with Crippen molar-refractivity contribution < 1.29 is 9.18 Å². The third kappa shape index (κ3) is 2.75. The smallest absolute Gasteiger partial charge is 0.253 e. The van der Waals surface area contributed by atoms with Crippen LogP contribution >= 0.6 is 0 Å². The predicted molar refractivity (Wildman–Crippen MR) is 65.1 cm³/mol. The molecule has 0 bridgehead atoms. The summed E-state index contributed by atoms with van der Waals surface area (Å²) in [4.78, 5) is 13.7. The molecule has 0 radical (unpaired) electrons. The van der Waals surface area contributed by atoms with Gasteiger partial charge in [0, 0.05) is 24.8 Å². The molecule has 3 nitrogen and oxygen atoms in total. The van der Waals surface area contributed by atoms with Gasteiger partial charge >= 0.3 is 0 Å². The second kappa shape index (κ2) is 4.73. The van der Waals surface area contributed by atoms with Crippen LogP contribution in [-0.4, -0.2) is 24.4 Å². The summed E-state index contributed by atoms with van der Waals surface area (Å²) >= 11 is 0. The van der Waals surface area contributed by atoms with E-state index in [1.165, 1.54) is 37.5 Å². The molecule has 1 aliphatic rings. The summed E-state index contributed by atoms with van der Waals surface area (Å²) < 4.78 is 13.1. The van der Waals surface area contributed by atoms with E-state index < -0.39 is 5.82 Å². The molecule has 0 saturated heterocycles. The Morgan fingerprint density at radius 2 is 2.18 bits per heavy atom. The van der Waals surface area contributed by atoms with Crippen molar-refractivity contribution in [3.8, 4) is 0 Å². The van der Waals surface area contributed by atoms with Crippen molar-refractivity contribution in [2.24, 2.45) is 5.92 Å². The summed E-state index contributed by atoms with van der Waals surface area (Å²) in [7, 11) is 1.75. The lowest BCUT2D eigenvalue weighted by atomic mass is 9.85. The molecule has 0 atom stereocenters. The first-order valence-electron chi connectivity index (χ1n) is 5.88. The largest absolute Gasteiger partial charge is 0.399 e. The third-order valence-electron chi connectivity index (χ3n) is 3.27. The van der Waals surface area contributed by atoms with Crippen LogP contribution in [0.4, 0.5) is 10.1 Å². The fourth-order valence-electron chi connectivity index (χ4n) is 2.10. The zero-order valence-electron chi connectivity index (χ0n) is 9.95. The molecule has 0 spiro atoms. The van der Waals surface area contributed by atoms with Crippen molar-refractivity contribution in [1.29, 1.82) is 0 Å². The highest BCUT2D eigenvalue weighted by Crippen LogP contribution is 2.27. The fourth-order valence-corrected chi connectivity index (χ4v) is 2.10. The van der Waals surface area contributed by atoms with Crippen molar-refractivity contribution in [2.45, 2.75) is 19.3 Å². The Morgan fingerprint density at radius 3 is 2.71 bits per heavy atom. The molecule has 1 saturated carbocycles. The lowest BCUT2D eigenvalue weighted by molar-refractivity contribution is 0.0745. The molecular weight excluding hydrogens is 219 g/mol. The minimum atomic E-state index is -0.467. The Bertz CT molecular complexity index is 409. The Morgan fingerprint density at radius 1 is 1.47 bits per heavy atom. The first-order chi connectivity index (χ1) is 8.06. The predicted octanol–water partition coefficient (Wildman–Crippen LogP) is 2.28. The standard InChI is InChI=1S/C13H17FN2O/c1-16(8-9-3-2-4-9)13(17)10-5-11(14)7-12(15)6-10/h5-7,9H,2-4,8,15H2,1H3. The molecular formula is C13H17FN2O. The van der Waals surface area contributed by atoms with Crippen molar-refractivity contribution in [3.05, 3.63) is 29.6 Å². The molecule has 1 aliphatic carbocycles. The van der Waals surface area contributed by atoms with Gasteiger partial charge in [0.1, 0.15) is 5.82 Å². The van der Waals surface area contributed by atoms with Gasteiger partial charge in [0.2, 0.25) is 0 Å². The quantitative estimate of drug-likeness (QED) is 0.818. The van der Waals surface area contributed by atoms with Crippen molar-refractivity contribution >= 4 is 11.6 Å². The van der Waals surface area contributed by atoms with Crippen LogP contribution in [0.1, 0.15) is 29.6 Å². The summed E-state index contributed by atoms with van der Waals surface area (Å²) in [6.45, 7) is 0.745. The Balaban J connectivity index is 2.06. The lowest BCUT2D eigenvalue weighted by Gasteiger charge is -2.30. The molecule has 1 amide bonds. The van der Waals surface area contributed by atoms with Gasteiger partial charge in [-0.15, -0.1) is 0 Å². The monoisotopic (exact) mass is 236 g/mol. The topological polar surface area (TPSA) is 46.3 Å². The van der Waals surface area contributed by atoms with E-state index in [-0.39, 0.29) is 11.6 Å². The van der Waals surface area contributed by atoms with E-state index >= 15 is 0 Å². The van der Waals surface area contributed by atoms with Crippen molar-refractivity contribution in [3.63, 3.8) is 0 Å². The van der Waals surface area contributed by atoms with E-state index in [9.17, 15) is 9.18 Å². The van der Waals surface area contributed by atoms with Crippen molar-refractivity contribution in [1.82, 2.24) is 4.90 Å². The number of amides is 1. The molecule has 1 aromatic carbocycles. The number of rotatable bonds is 3. The van der Waals surface area contributed by atoms with Gasteiger partial charge in [-0.2, -0.15) is 0 Å². The second-order valence-corrected chi connectivity index (χ2v) is 4.76. The summed E-state index contributed by atoms with van der Waals surface area (Å²) in [5.74, 6) is -0.0247. The van der Waals surface area contributed by atoms with Crippen LogP contribution < -0.4 is 5.73 Å². The number of halogens is 1. The van der Waals surface area contributed by atoms with Gasteiger partial charge in [0.25, 0.3) is 5.91 Å². The molecule has 92 valence electrons. The molecule has 4 heteroatoms. The first kappa shape index (κ1) is 11.9. The number of anilines is 1. The van der Waals surface area contributed by atoms with Gasteiger partial charge in [-0.1, -0.05) is 6.42 Å². The van der Waals surface area contributed by atoms with Crippen LogP contribution in [0, 0.1) is 11.7 Å². The maximum atomic E-state index is 13.1. The molecule has 0 heterocycles. The van der Waals surface area contributed by atoms with E-state index in [0.717, 1.165) is 6.54 Å². The van der Waals surface area contributed by atoms with Gasteiger partial charge in [-0.25, -0.2) is 4.39 Å². The van der Waals surface area contributed by atoms with E-state index in [1.807, 2.05) is 0 Å². The Labute approximate surface area is 100 Å². The molecule has 1 fully saturated rings. The van der Waals surface area contributed by atoms with Crippen LogP contribution in [0.5, 0.6) is 0 Å². The van der Waals surface area contributed by atoms with Gasteiger partial charge < -0.3 is 10.6 Å². The van der Waals surface area contributed by atoms with Gasteiger partial charge in [-0.05, 0) is 37.0 Å². The van der Waals surface area contributed by atoms with E-state index in [4.69, 9.17) is 5.73 Å². The SMILES string of the molecule is CN(CC1CCC1)C(=O)c1cc(N)cc(F)c1. The molecule has 17 heavy (non-hydrogen) atoms. The van der Waals surface area contributed by atoms with Crippen LogP contribution in [0.15, 0.2) is 18.2 Å². The maximum absolute atomic E-state index is 13.1. The summed E-state index contributed by atoms with van der Waals surface area (Å²) in [5, 5.41) is 0. The van der Waals surface area contributed by atoms with E-state index in [2.05, 4.69) is 0 Å². The van der Waals surface area contributed by atoms with Gasteiger partial charge in [-0.3, -0.25) is 4.79 Å². The molecule has 2 rings (SSSR count). The maximum Gasteiger partial charge on any atom is 0.253 e. The number of hydrogen-bond donors (Lipinski definition) is 1. The molecule has 1 aromatic rings. The normalized spacial score (nSPS) is 15.4.